The molecule has 2 atom stereocenters. The first-order valence-electron chi connectivity index (χ1n) is 9.95. The van der Waals surface area contributed by atoms with Crippen LogP contribution in [0.15, 0.2) is 49.3 Å². The number of halogens is 3. The van der Waals surface area contributed by atoms with Crippen molar-refractivity contribution in [3.8, 4) is 16.9 Å². The van der Waals surface area contributed by atoms with Crippen LogP contribution in [0.25, 0.3) is 28.1 Å². The fourth-order valence-electron chi connectivity index (χ4n) is 4.36. The molecule has 1 aliphatic rings. The fraction of sp³-hybridized carbons (Fsp3) is 0.333. The van der Waals surface area contributed by atoms with Crippen LogP contribution >= 0.6 is 0 Å². The molecule has 0 spiro atoms. The molecule has 0 amide bonds. The summed E-state index contributed by atoms with van der Waals surface area (Å²) in [6.07, 6.45) is 4.24. The van der Waals surface area contributed by atoms with Gasteiger partial charge in [-0.1, -0.05) is 6.07 Å². The number of imidazole rings is 1. The smallest absolute Gasteiger partial charge is 0.343 e. The first-order valence-corrected chi connectivity index (χ1v) is 9.95. The molecule has 160 valence electrons. The molecule has 0 bridgehead atoms. The summed E-state index contributed by atoms with van der Waals surface area (Å²) in [7, 11) is 1.85. The maximum atomic E-state index is 13.8. The van der Waals surface area contributed by atoms with E-state index in [0.717, 1.165) is 16.6 Å². The highest BCUT2D eigenvalue weighted by atomic mass is 19.4. The lowest BCUT2D eigenvalue weighted by atomic mass is 9.85. The molecule has 1 N–H and O–H groups in total. The number of H-pyrrole nitrogens is 1. The zero-order valence-corrected chi connectivity index (χ0v) is 16.7. The summed E-state index contributed by atoms with van der Waals surface area (Å²) in [4.78, 5) is 17.6. The Kier molecular flexibility index (Phi) is 4.73. The zero-order chi connectivity index (χ0) is 21.6. The van der Waals surface area contributed by atoms with Crippen molar-refractivity contribution in [3.63, 3.8) is 0 Å². The summed E-state index contributed by atoms with van der Waals surface area (Å²) >= 11 is 0. The lowest BCUT2D eigenvalue weighted by molar-refractivity contribution is -0.161. The highest BCUT2D eigenvalue weighted by Crippen LogP contribution is 2.43. The molecule has 2 unspecified atom stereocenters. The van der Waals surface area contributed by atoms with E-state index in [0.29, 0.717) is 31.0 Å². The minimum absolute atomic E-state index is 0.192. The van der Waals surface area contributed by atoms with E-state index < -0.39 is 18.0 Å². The molecule has 5 rings (SSSR count). The van der Waals surface area contributed by atoms with E-state index in [-0.39, 0.29) is 5.56 Å². The largest absolute Gasteiger partial charge is 0.396 e. The predicted molar refractivity (Wildman–Crippen MR) is 109 cm³/mol. The van der Waals surface area contributed by atoms with E-state index >= 15 is 0 Å². The normalized spacial score (nSPS) is 18.6. The highest BCUT2D eigenvalue weighted by molar-refractivity contribution is 5.88. The Morgan fingerprint density at radius 1 is 1.13 bits per heavy atom. The van der Waals surface area contributed by atoms with Crippen LogP contribution in [0.5, 0.6) is 0 Å². The second-order valence-electron chi connectivity index (χ2n) is 7.91. The number of likely N-dealkylation sites (tertiary alicyclic amines) is 1. The molecule has 0 saturated carbocycles. The molecule has 1 saturated heterocycles. The average molecular weight is 427 g/mol. The van der Waals surface area contributed by atoms with Crippen LogP contribution in [0, 0.1) is 5.92 Å². The summed E-state index contributed by atoms with van der Waals surface area (Å²) in [5, 5.41) is 4.34. The summed E-state index contributed by atoms with van der Waals surface area (Å²) in [6.45, 7) is 1.11. The van der Waals surface area contributed by atoms with Gasteiger partial charge in [0.1, 0.15) is 0 Å². The number of nitrogens with zero attached hydrogens (tertiary/aromatic N) is 6. The van der Waals surface area contributed by atoms with E-state index in [9.17, 15) is 13.2 Å². The first-order chi connectivity index (χ1) is 14.9. The molecule has 4 aromatic rings. The second kappa shape index (κ2) is 7.45. The van der Waals surface area contributed by atoms with Gasteiger partial charge >= 0.3 is 6.18 Å². The summed E-state index contributed by atoms with van der Waals surface area (Å²) in [5.41, 5.74) is 3.29. The number of fused-ring (bicyclic) bond motifs is 1. The Morgan fingerprint density at radius 3 is 2.71 bits per heavy atom. The van der Waals surface area contributed by atoms with Crippen molar-refractivity contribution in [1.82, 2.24) is 34.6 Å². The van der Waals surface area contributed by atoms with Crippen LogP contribution in [-0.2, 0) is 0 Å². The molecular formula is C21H20F3N7. The third-order valence-electron chi connectivity index (χ3n) is 5.84. The Labute approximate surface area is 176 Å². The van der Waals surface area contributed by atoms with Crippen molar-refractivity contribution >= 4 is 11.2 Å². The van der Waals surface area contributed by atoms with Gasteiger partial charge in [0.15, 0.2) is 11.5 Å². The fourth-order valence-corrected chi connectivity index (χ4v) is 4.36. The molecule has 10 heteroatoms. The molecular weight excluding hydrogens is 407 g/mol. The Hall–Kier alpha value is -3.27. The third-order valence-corrected chi connectivity index (χ3v) is 5.84. The molecule has 4 aromatic heterocycles. The minimum Gasteiger partial charge on any atom is -0.343 e. The van der Waals surface area contributed by atoms with Gasteiger partial charge in [-0.15, -0.1) is 0 Å². The molecule has 0 aliphatic carbocycles. The maximum absolute atomic E-state index is 13.8. The zero-order valence-electron chi connectivity index (χ0n) is 16.7. The first kappa shape index (κ1) is 19.7. The van der Waals surface area contributed by atoms with Crippen LogP contribution in [0.3, 0.4) is 0 Å². The van der Waals surface area contributed by atoms with Gasteiger partial charge in [0.2, 0.25) is 0 Å². The summed E-state index contributed by atoms with van der Waals surface area (Å²) in [5.74, 6) is -1.52. The standard InChI is InChI=1S/C21H20F3N7/c1-30-7-5-14(10-30)18(21(22,23)24)13-2-3-17(26-8-13)31-11-15(9-29-31)16-4-6-25-20-19(16)27-12-28-20/h2-4,6,8-9,11-12,14,18H,5,7,10H2,1H3,(H,25,27,28). The molecule has 5 heterocycles. The summed E-state index contributed by atoms with van der Waals surface area (Å²) in [6, 6.07) is 4.95. The van der Waals surface area contributed by atoms with Gasteiger partial charge in [0.25, 0.3) is 0 Å². The molecule has 1 aliphatic heterocycles. The number of aromatic amines is 1. The van der Waals surface area contributed by atoms with Gasteiger partial charge in [-0.3, -0.25) is 0 Å². The van der Waals surface area contributed by atoms with Crippen molar-refractivity contribution in [2.75, 3.05) is 20.1 Å². The van der Waals surface area contributed by atoms with E-state index in [1.165, 1.54) is 12.3 Å². The number of hydrogen-bond acceptors (Lipinski definition) is 5. The Bertz CT molecular complexity index is 1200. The minimum atomic E-state index is -4.31. The number of pyridine rings is 2. The van der Waals surface area contributed by atoms with Crippen molar-refractivity contribution in [1.29, 1.82) is 0 Å². The van der Waals surface area contributed by atoms with Gasteiger partial charge in [0, 0.05) is 36.3 Å². The summed E-state index contributed by atoms with van der Waals surface area (Å²) < 4.78 is 43.0. The van der Waals surface area contributed by atoms with Gasteiger partial charge in [-0.25, -0.2) is 19.6 Å². The van der Waals surface area contributed by atoms with E-state index in [2.05, 4.69) is 25.0 Å². The lowest BCUT2D eigenvalue weighted by Crippen LogP contribution is -2.30. The molecule has 1 fully saturated rings. The van der Waals surface area contributed by atoms with Crippen LogP contribution < -0.4 is 0 Å². The number of hydrogen-bond donors (Lipinski definition) is 1. The van der Waals surface area contributed by atoms with Crippen LogP contribution in [0.1, 0.15) is 17.9 Å². The van der Waals surface area contributed by atoms with Gasteiger partial charge in [-0.05, 0) is 43.6 Å². The van der Waals surface area contributed by atoms with Crippen molar-refractivity contribution < 1.29 is 13.2 Å². The third kappa shape index (κ3) is 3.67. The van der Waals surface area contributed by atoms with Crippen molar-refractivity contribution in [2.45, 2.75) is 18.5 Å². The van der Waals surface area contributed by atoms with Gasteiger partial charge in [0.05, 0.1) is 24.0 Å². The van der Waals surface area contributed by atoms with Crippen LogP contribution in [-0.4, -0.2) is 60.9 Å². The maximum Gasteiger partial charge on any atom is 0.396 e. The second-order valence-corrected chi connectivity index (χ2v) is 7.91. The molecule has 0 aromatic carbocycles. The van der Waals surface area contributed by atoms with Crippen LogP contribution in [0.4, 0.5) is 13.2 Å². The molecule has 0 radical (unpaired) electrons. The number of aromatic nitrogens is 6. The number of nitrogens with one attached hydrogen (secondary N) is 1. The number of alkyl halides is 3. The average Bonchev–Trinajstić information content (AvgIpc) is 3.48. The van der Waals surface area contributed by atoms with E-state index in [1.54, 1.807) is 35.7 Å². The molecule has 31 heavy (non-hydrogen) atoms. The highest BCUT2D eigenvalue weighted by Gasteiger charge is 2.47. The number of rotatable bonds is 4. The predicted octanol–water partition coefficient (Wildman–Crippen LogP) is 3.80. The Balaban J connectivity index is 1.43. The van der Waals surface area contributed by atoms with E-state index in [1.807, 2.05) is 18.0 Å². The lowest BCUT2D eigenvalue weighted by Gasteiger charge is -2.26. The van der Waals surface area contributed by atoms with Gasteiger partial charge < -0.3 is 9.88 Å². The topological polar surface area (TPSA) is 75.5 Å². The molecule has 7 nitrogen and oxygen atoms in total. The van der Waals surface area contributed by atoms with Gasteiger partial charge in [-0.2, -0.15) is 18.3 Å². The Morgan fingerprint density at radius 2 is 2.00 bits per heavy atom. The SMILES string of the molecule is CN1CCC(C(c2ccc(-n3cc(-c4ccnc5nc[nH]c45)cn3)nc2)C(F)(F)F)C1. The van der Waals surface area contributed by atoms with Crippen molar-refractivity contribution in [2.24, 2.45) is 5.92 Å². The quantitative estimate of drug-likeness (QED) is 0.536. The van der Waals surface area contributed by atoms with Crippen LogP contribution in [0.2, 0.25) is 0 Å². The monoisotopic (exact) mass is 427 g/mol. The van der Waals surface area contributed by atoms with E-state index in [4.69, 9.17) is 0 Å². The van der Waals surface area contributed by atoms with Crippen molar-refractivity contribution in [3.05, 3.63) is 54.9 Å².